The number of anilines is 1. The maximum absolute atomic E-state index is 12.5. The van der Waals surface area contributed by atoms with Gasteiger partial charge < -0.3 is 15.5 Å². The molecule has 144 valence electrons. The van der Waals surface area contributed by atoms with Crippen LogP contribution in [0, 0.1) is 18.8 Å². The van der Waals surface area contributed by atoms with Crippen LogP contribution in [0.15, 0.2) is 18.2 Å². The van der Waals surface area contributed by atoms with Crippen molar-refractivity contribution < 1.29 is 9.59 Å². The van der Waals surface area contributed by atoms with Crippen molar-refractivity contribution in [3.63, 3.8) is 0 Å². The molecule has 5 nitrogen and oxygen atoms in total. The van der Waals surface area contributed by atoms with Gasteiger partial charge >= 0.3 is 0 Å². The highest BCUT2D eigenvalue weighted by Crippen LogP contribution is 2.31. The van der Waals surface area contributed by atoms with Crippen LogP contribution in [-0.4, -0.2) is 43.9 Å². The minimum Gasteiger partial charge on any atom is -0.356 e. The minimum absolute atomic E-state index is 0.0280. The van der Waals surface area contributed by atoms with E-state index in [1.165, 1.54) is 0 Å². The van der Waals surface area contributed by atoms with Crippen LogP contribution >= 0.6 is 11.6 Å². The molecule has 1 aromatic carbocycles. The van der Waals surface area contributed by atoms with Gasteiger partial charge in [-0.15, -0.1) is 0 Å². The number of halogens is 1. The maximum atomic E-state index is 12.5. The standard InChI is InChI=1S/C20H30ClN3O2/c1-14-17(21)6-4-7-18(14)23-20(26)16-10-8-15(9-11-16)19(25)22-12-5-13-24(2)3/h4,6-7,15-16H,5,8-13H2,1-3H3,(H,22,25)(H,23,26). The third-order valence-electron chi connectivity index (χ3n) is 5.08. The van der Waals surface area contributed by atoms with Crippen LogP contribution in [-0.2, 0) is 9.59 Å². The summed E-state index contributed by atoms with van der Waals surface area (Å²) in [7, 11) is 4.05. The lowest BCUT2D eigenvalue weighted by Crippen LogP contribution is -2.36. The Hall–Kier alpha value is -1.59. The van der Waals surface area contributed by atoms with Crippen LogP contribution < -0.4 is 10.6 Å². The molecule has 0 spiro atoms. The van der Waals surface area contributed by atoms with Crippen molar-refractivity contribution in [1.82, 2.24) is 10.2 Å². The molecule has 2 amide bonds. The summed E-state index contributed by atoms with van der Waals surface area (Å²) >= 11 is 6.11. The van der Waals surface area contributed by atoms with E-state index in [1.54, 1.807) is 0 Å². The third-order valence-corrected chi connectivity index (χ3v) is 5.49. The topological polar surface area (TPSA) is 61.4 Å². The molecule has 0 unspecified atom stereocenters. The normalized spacial score (nSPS) is 20.0. The number of amides is 2. The summed E-state index contributed by atoms with van der Waals surface area (Å²) in [5.41, 5.74) is 1.65. The van der Waals surface area contributed by atoms with E-state index in [9.17, 15) is 9.59 Å². The second kappa shape index (κ2) is 9.93. The summed E-state index contributed by atoms with van der Waals surface area (Å²) in [4.78, 5) is 26.9. The van der Waals surface area contributed by atoms with Gasteiger partial charge in [0.1, 0.15) is 0 Å². The van der Waals surface area contributed by atoms with Crippen LogP contribution in [0.3, 0.4) is 0 Å². The predicted molar refractivity (Wildman–Crippen MR) is 106 cm³/mol. The van der Waals surface area contributed by atoms with Crippen LogP contribution in [0.25, 0.3) is 0 Å². The number of hydrogen-bond donors (Lipinski definition) is 2. The van der Waals surface area contributed by atoms with Crippen molar-refractivity contribution in [3.05, 3.63) is 28.8 Å². The fourth-order valence-electron chi connectivity index (χ4n) is 3.35. The first kappa shape index (κ1) is 20.7. The molecular weight excluding hydrogens is 350 g/mol. The molecule has 0 aliphatic heterocycles. The molecule has 0 radical (unpaired) electrons. The van der Waals surface area contributed by atoms with Crippen LogP contribution in [0.5, 0.6) is 0 Å². The average Bonchev–Trinajstić information content (AvgIpc) is 2.62. The van der Waals surface area contributed by atoms with E-state index in [1.807, 2.05) is 39.2 Å². The Morgan fingerprint density at radius 2 is 1.73 bits per heavy atom. The molecule has 0 bridgehead atoms. The molecule has 2 N–H and O–H groups in total. The maximum Gasteiger partial charge on any atom is 0.227 e. The van der Waals surface area contributed by atoms with E-state index in [4.69, 9.17) is 11.6 Å². The number of rotatable bonds is 7. The second-order valence-corrected chi connectivity index (χ2v) is 7.81. The molecule has 0 aromatic heterocycles. The Labute approximate surface area is 161 Å². The molecule has 0 heterocycles. The average molecular weight is 380 g/mol. The van der Waals surface area contributed by atoms with Crippen molar-refractivity contribution >= 4 is 29.1 Å². The summed E-state index contributed by atoms with van der Waals surface area (Å²) in [6.45, 7) is 3.58. The fourth-order valence-corrected chi connectivity index (χ4v) is 3.52. The largest absolute Gasteiger partial charge is 0.356 e. The molecular formula is C20H30ClN3O2. The first-order valence-electron chi connectivity index (χ1n) is 9.37. The summed E-state index contributed by atoms with van der Waals surface area (Å²) in [5.74, 6) is 0.158. The van der Waals surface area contributed by atoms with Gasteiger partial charge in [0, 0.05) is 29.1 Å². The van der Waals surface area contributed by atoms with E-state index >= 15 is 0 Å². The molecule has 1 saturated carbocycles. The van der Waals surface area contributed by atoms with E-state index in [0.717, 1.165) is 49.9 Å². The number of carbonyl (C=O) groups excluding carboxylic acids is 2. The molecule has 1 fully saturated rings. The van der Waals surface area contributed by atoms with Gasteiger partial charge in [0.2, 0.25) is 11.8 Å². The minimum atomic E-state index is -0.0360. The van der Waals surface area contributed by atoms with Crippen molar-refractivity contribution in [2.24, 2.45) is 11.8 Å². The molecule has 1 aromatic rings. The highest BCUT2D eigenvalue weighted by molar-refractivity contribution is 6.31. The molecule has 26 heavy (non-hydrogen) atoms. The fraction of sp³-hybridized carbons (Fsp3) is 0.600. The zero-order valence-electron chi connectivity index (χ0n) is 16.0. The predicted octanol–water partition coefficient (Wildman–Crippen LogP) is 3.46. The molecule has 1 aliphatic rings. The van der Waals surface area contributed by atoms with Gasteiger partial charge in [0.15, 0.2) is 0 Å². The summed E-state index contributed by atoms with van der Waals surface area (Å²) in [5, 5.41) is 6.66. The van der Waals surface area contributed by atoms with E-state index < -0.39 is 0 Å². The quantitative estimate of drug-likeness (QED) is 0.713. The van der Waals surface area contributed by atoms with Gasteiger partial charge in [-0.25, -0.2) is 0 Å². The van der Waals surface area contributed by atoms with E-state index in [0.29, 0.717) is 11.6 Å². The number of carbonyl (C=O) groups is 2. The first-order chi connectivity index (χ1) is 12.4. The summed E-state index contributed by atoms with van der Waals surface area (Å²) < 4.78 is 0. The number of benzene rings is 1. The van der Waals surface area contributed by atoms with Gasteiger partial charge in [-0.05, 0) is 77.4 Å². The second-order valence-electron chi connectivity index (χ2n) is 7.40. The Bertz CT molecular complexity index is 625. The third kappa shape index (κ3) is 5.99. The van der Waals surface area contributed by atoms with Gasteiger partial charge in [-0.3, -0.25) is 9.59 Å². The monoisotopic (exact) mass is 379 g/mol. The Morgan fingerprint density at radius 1 is 1.12 bits per heavy atom. The zero-order valence-corrected chi connectivity index (χ0v) is 16.7. The van der Waals surface area contributed by atoms with Gasteiger partial charge in [0.05, 0.1) is 0 Å². The Morgan fingerprint density at radius 3 is 2.35 bits per heavy atom. The SMILES string of the molecule is Cc1c(Cl)cccc1NC(=O)C1CCC(C(=O)NCCCN(C)C)CC1. The van der Waals surface area contributed by atoms with Crippen molar-refractivity contribution in [2.45, 2.75) is 39.0 Å². The molecule has 1 aliphatic carbocycles. The summed E-state index contributed by atoms with van der Waals surface area (Å²) in [6, 6.07) is 5.52. The number of nitrogens with one attached hydrogen (secondary N) is 2. The van der Waals surface area contributed by atoms with Crippen LogP contribution in [0.2, 0.25) is 5.02 Å². The molecule has 0 saturated heterocycles. The number of hydrogen-bond acceptors (Lipinski definition) is 3. The van der Waals surface area contributed by atoms with Crippen LogP contribution in [0.4, 0.5) is 5.69 Å². The van der Waals surface area contributed by atoms with Gasteiger partial charge in [-0.2, -0.15) is 0 Å². The highest BCUT2D eigenvalue weighted by atomic mass is 35.5. The van der Waals surface area contributed by atoms with E-state index in [2.05, 4.69) is 15.5 Å². The van der Waals surface area contributed by atoms with Crippen molar-refractivity contribution in [1.29, 1.82) is 0 Å². The molecule has 2 rings (SSSR count). The molecule has 6 heteroatoms. The van der Waals surface area contributed by atoms with Gasteiger partial charge in [-0.1, -0.05) is 17.7 Å². The van der Waals surface area contributed by atoms with E-state index in [-0.39, 0.29) is 23.7 Å². The van der Waals surface area contributed by atoms with Crippen molar-refractivity contribution in [2.75, 3.05) is 32.5 Å². The van der Waals surface area contributed by atoms with Gasteiger partial charge in [0.25, 0.3) is 0 Å². The Balaban J connectivity index is 1.76. The smallest absolute Gasteiger partial charge is 0.227 e. The van der Waals surface area contributed by atoms with Crippen LogP contribution in [0.1, 0.15) is 37.7 Å². The first-order valence-corrected chi connectivity index (χ1v) is 9.74. The Kier molecular flexibility index (Phi) is 7.91. The lowest BCUT2D eigenvalue weighted by molar-refractivity contribution is -0.128. The molecule has 0 atom stereocenters. The van der Waals surface area contributed by atoms with Crippen molar-refractivity contribution in [3.8, 4) is 0 Å². The lowest BCUT2D eigenvalue weighted by atomic mass is 9.81. The highest BCUT2D eigenvalue weighted by Gasteiger charge is 2.30. The zero-order chi connectivity index (χ0) is 19.1. The summed E-state index contributed by atoms with van der Waals surface area (Å²) in [6.07, 6.45) is 4.00. The lowest BCUT2D eigenvalue weighted by Gasteiger charge is -2.27. The number of nitrogens with zero attached hydrogens (tertiary/aromatic N) is 1.